The highest BCUT2D eigenvalue weighted by Gasteiger charge is 2.21. The van der Waals surface area contributed by atoms with Crippen LogP contribution in [0.4, 0.5) is 0 Å². The Morgan fingerprint density at radius 3 is 2.88 bits per heavy atom. The van der Waals surface area contributed by atoms with Gasteiger partial charge in [0.2, 0.25) is 0 Å². The molecule has 0 aromatic carbocycles. The van der Waals surface area contributed by atoms with Gasteiger partial charge in [-0.2, -0.15) is 0 Å². The van der Waals surface area contributed by atoms with Gasteiger partial charge >= 0.3 is 0 Å². The van der Waals surface area contributed by atoms with Gasteiger partial charge in [0.05, 0.1) is 0 Å². The lowest BCUT2D eigenvalue weighted by Gasteiger charge is -2.33. The normalized spacial score (nSPS) is 25.1. The Kier molecular flexibility index (Phi) is 4.51. The van der Waals surface area contributed by atoms with Gasteiger partial charge in [-0.1, -0.05) is 6.92 Å². The van der Waals surface area contributed by atoms with E-state index in [9.17, 15) is 0 Å². The number of pyridine rings is 1. The van der Waals surface area contributed by atoms with Gasteiger partial charge in [0, 0.05) is 31.5 Å². The summed E-state index contributed by atoms with van der Waals surface area (Å²) < 4.78 is 0. The van der Waals surface area contributed by atoms with E-state index in [2.05, 4.69) is 41.3 Å². The lowest BCUT2D eigenvalue weighted by atomic mass is 9.92. The molecule has 2 rings (SSSR count). The Morgan fingerprint density at radius 1 is 1.41 bits per heavy atom. The summed E-state index contributed by atoms with van der Waals surface area (Å²) in [6.45, 7) is 5.67. The second kappa shape index (κ2) is 6.12. The molecule has 3 heteroatoms. The summed E-state index contributed by atoms with van der Waals surface area (Å²) >= 11 is 0. The maximum atomic E-state index is 4.05. The molecule has 2 unspecified atom stereocenters. The maximum Gasteiger partial charge on any atom is 0.0271 e. The third kappa shape index (κ3) is 3.79. The fraction of sp³-hybridized carbons (Fsp3) is 0.643. The molecular formula is C14H23N3. The predicted molar refractivity (Wildman–Crippen MR) is 70.8 cm³/mol. The van der Waals surface area contributed by atoms with Crippen molar-refractivity contribution in [1.29, 1.82) is 0 Å². The van der Waals surface area contributed by atoms with E-state index in [-0.39, 0.29) is 0 Å². The van der Waals surface area contributed by atoms with E-state index < -0.39 is 0 Å². The van der Waals surface area contributed by atoms with Crippen LogP contribution in [0.15, 0.2) is 24.5 Å². The van der Waals surface area contributed by atoms with Crippen LogP contribution >= 0.6 is 0 Å². The fourth-order valence-electron chi connectivity index (χ4n) is 2.56. The SMILES string of the molecule is CC1CCCNC1CN(C)Cc1ccncc1. The number of likely N-dealkylation sites (N-methyl/N-ethyl adjacent to an activating group) is 1. The standard InChI is InChI=1S/C14H23N3/c1-12-4-3-7-16-14(12)11-17(2)10-13-5-8-15-9-6-13/h5-6,8-9,12,14,16H,3-4,7,10-11H2,1-2H3. The average molecular weight is 233 g/mol. The van der Waals surface area contributed by atoms with Gasteiger partial charge in [-0.15, -0.1) is 0 Å². The largest absolute Gasteiger partial charge is 0.312 e. The fourth-order valence-corrected chi connectivity index (χ4v) is 2.56. The minimum Gasteiger partial charge on any atom is -0.312 e. The Bertz CT molecular complexity index is 325. The second-order valence-corrected chi connectivity index (χ2v) is 5.23. The number of piperidine rings is 1. The van der Waals surface area contributed by atoms with E-state index in [1.807, 2.05) is 12.4 Å². The molecule has 1 aromatic rings. The van der Waals surface area contributed by atoms with Crippen molar-refractivity contribution in [2.24, 2.45) is 5.92 Å². The highest BCUT2D eigenvalue weighted by Crippen LogP contribution is 2.16. The number of hydrogen-bond acceptors (Lipinski definition) is 3. The summed E-state index contributed by atoms with van der Waals surface area (Å²) in [6, 6.07) is 4.83. The van der Waals surface area contributed by atoms with E-state index in [0.717, 1.165) is 19.0 Å². The topological polar surface area (TPSA) is 28.2 Å². The van der Waals surface area contributed by atoms with Gasteiger partial charge in [-0.3, -0.25) is 4.98 Å². The van der Waals surface area contributed by atoms with Gasteiger partial charge in [0.25, 0.3) is 0 Å². The van der Waals surface area contributed by atoms with Crippen LogP contribution in [0.5, 0.6) is 0 Å². The monoisotopic (exact) mass is 233 g/mol. The second-order valence-electron chi connectivity index (χ2n) is 5.23. The summed E-state index contributed by atoms with van der Waals surface area (Å²) in [4.78, 5) is 6.45. The smallest absolute Gasteiger partial charge is 0.0271 e. The number of hydrogen-bond donors (Lipinski definition) is 1. The highest BCUT2D eigenvalue weighted by atomic mass is 15.1. The molecule has 1 aromatic heterocycles. The molecule has 1 N–H and O–H groups in total. The van der Waals surface area contributed by atoms with E-state index in [0.29, 0.717) is 6.04 Å². The molecule has 2 atom stereocenters. The third-order valence-corrected chi connectivity index (χ3v) is 3.64. The summed E-state index contributed by atoms with van der Waals surface area (Å²) in [5, 5.41) is 3.63. The third-order valence-electron chi connectivity index (χ3n) is 3.64. The van der Waals surface area contributed by atoms with Gasteiger partial charge in [-0.25, -0.2) is 0 Å². The van der Waals surface area contributed by atoms with E-state index in [1.165, 1.54) is 24.9 Å². The minimum atomic E-state index is 0.649. The van der Waals surface area contributed by atoms with Gasteiger partial charge in [0.1, 0.15) is 0 Å². The van der Waals surface area contributed by atoms with Crippen molar-refractivity contribution in [3.05, 3.63) is 30.1 Å². The van der Waals surface area contributed by atoms with Crippen molar-refractivity contribution in [2.75, 3.05) is 20.1 Å². The van der Waals surface area contributed by atoms with E-state index in [4.69, 9.17) is 0 Å². The zero-order chi connectivity index (χ0) is 12.1. The molecule has 3 nitrogen and oxygen atoms in total. The molecule has 1 saturated heterocycles. The van der Waals surface area contributed by atoms with Crippen LogP contribution in [0.3, 0.4) is 0 Å². The summed E-state index contributed by atoms with van der Waals surface area (Å²) in [5.41, 5.74) is 1.34. The van der Waals surface area contributed by atoms with Crippen molar-refractivity contribution in [3.63, 3.8) is 0 Å². The first kappa shape index (κ1) is 12.5. The zero-order valence-corrected chi connectivity index (χ0v) is 10.9. The molecule has 0 bridgehead atoms. The minimum absolute atomic E-state index is 0.649. The first-order valence-corrected chi connectivity index (χ1v) is 6.56. The van der Waals surface area contributed by atoms with Crippen molar-refractivity contribution in [2.45, 2.75) is 32.4 Å². The lowest BCUT2D eigenvalue weighted by Crippen LogP contribution is -2.46. The predicted octanol–water partition coefficient (Wildman–Crippen LogP) is 1.90. The number of nitrogens with zero attached hydrogens (tertiary/aromatic N) is 2. The van der Waals surface area contributed by atoms with Crippen LogP contribution in [0.1, 0.15) is 25.3 Å². The Labute approximate surface area is 104 Å². The van der Waals surface area contributed by atoms with Crippen LogP contribution in [0, 0.1) is 5.92 Å². The van der Waals surface area contributed by atoms with Crippen LogP contribution in [-0.4, -0.2) is 36.1 Å². The van der Waals surface area contributed by atoms with Gasteiger partial charge in [-0.05, 0) is 50.0 Å². The zero-order valence-electron chi connectivity index (χ0n) is 10.9. The molecule has 0 amide bonds. The molecule has 1 aliphatic heterocycles. The first-order valence-electron chi connectivity index (χ1n) is 6.56. The summed E-state index contributed by atoms with van der Waals surface area (Å²) in [7, 11) is 2.20. The molecular weight excluding hydrogens is 210 g/mol. The van der Waals surface area contributed by atoms with Crippen LogP contribution < -0.4 is 5.32 Å². The molecule has 0 spiro atoms. The molecule has 0 aliphatic carbocycles. The highest BCUT2D eigenvalue weighted by molar-refractivity contribution is 5.09. The Balaban J connectivity index is 1.82. The van der Waals surface area contributed by atoms with E-state index in [1.54, 1.807) is 0 Å². The van der Waals surface area contributed by atoms with E-state index >= 15 is 0 Å². The van der Waals surface area contributed by atoms with Crippen molar-refractivity contribution in [3.8, 4) is 0 Å². The number of rotatable bonds is 4. The average Bonchev–Trinajstić information content (AvgIpc) is 2.33. The van der Waals surface area contributed by atoms with Crippen molar-refractivity contribution in [1.82, 2.24) is 15.2 Å². The number of aromatic nitrogens is 1. The molecule has 1 fully saturated rings. The molecule has 0 radical (unpaired) electrons. The first-order chi connectivity index (χ1) is 8.25. The number of nitrogens with one attached hydrogen (secondary N) is 1. The molecule has 94 valence electrons. The quantitative estimate of drug-likeness (QED) is 0.861. The molecule has 1 aliphatic rings. The van der Waals surface area contributed by atoms with Gasteiger partial charge < -0.3 is 10.2 Å². The van der Waals surface area contributed by atoms with Crippen molar-refractivity contribution >= 4 is 0 Å². The van der Waals surface area contributed by atoms with Crippen LogP contribution in [-0.2, 0) is 6.54 Å². The lowest BCUT2D eigenvalue weighted by molar-refractivity contribution is 0.212. The summed E-state index contributed by atoms with van der Waals surface area (Å²) in [6.07, 6.45) is 6.42. The molecule has 0 saturated carbocycles. The summed E-state index contributed by atoms with van der Waals surface area (Å²) in [5.74, 6) is 0.795. The molecule has 2 heterocycles. The van der Waals surface area contributed by atoms with Gasteiger partial charge in [0.15, 0.2) is 0 Å². The van der Waals surface area contributed by atoms with Crippen LogP contribution in [0.25, 0.3) is 0 Å². The van der Waals surface area contributed by atoms with Crippen molar-refractivity contribution < 1.29 is 0 Å². The Morgan fingerprint density at radius 2 is 2.18 bits per heavy atom. The maximum absolute atomic E-state index is 4.05. The Hall–Kier alpha value is -0.930. The molecule has 17 heavy (non-hydrogen) atoms. The van der Waals surface area contributed by atoms with Crippen LogP contribution in [0.2, 0.25) is 0 Å².